The molecule has 20 heavy (non-hydrogen) atoms. The van der Waals surface area contributed by atoms with Gasteiger partial charge in [-0.2, -0.15) is 0 Å². The number of rotatable bonds is 2. The lowest BCUT2D eigenvalue weighted by Gasteiger charge is -2.27. The molecular formula is C17H26O3. The molecule has 0 amide bonds. The lowest BCUT2D eigenvalue weighted by molar-refractivity contribution is -0.134. The third-order valence-electron chi connectivity index (χ3n) is 3.22. The Labute approximate surface area is 122 Å². The Balaban J connectivity index is 3.46. The van der Waals surface area contributed by atoms with Crippen LogP contribution >= 0.6 is 0 Å². The van der Waals surface area contributed by atoms with E-state index in [2.05, 4.69) is 0 Å². The SMILES string of the molecule is CCC(=O)Oc1cc(C(C)(C)C)c(O)c(C(C)(C)C)c1. The number of carbonyl (C=O) groups excluding carboxylic acids is 1. The summed E-state index contributed by atoms with van der Waals surface area (Å²) in [5, 5.41) is 10.5. The van der Waals surface area contributed by atoms with Gasteiger partial charge in [0.25, 0.3) is 0 Å². The molecule has 112 valence electrons. The maximum absolute atomic E-state index is 11.5. The Kier molecular flexibility index (Phi) is 4.52. The molecule has 1 rings (SSSR count). The molecule has 0 atom stereocenters. The van der Waals surface area contributed by atoms with E-state index in [9.17, 15) is 9.90 Å². The third-order valence-corrected chi connectivity index (χ3v) is 3.22. The zero-order chi connectivity index (χ0) is 15.7. The summed E-state index contributed by atoms with van der Waals surface area (Å²) in [6, 6.07) is 3.52. The highest BCUT2D eigenvalue weighted by molar-refractivity contribution is 5.72. The average molecular weight is 278 g/mol. The molecule has 3 heteroatoms. The molecule has 0 aliphatic rings. The van der Waals surface area contributed by atoms with E-state index in [1.807, 2.05) is 41.5 Å². The highest BCUT2D eigenvalue weighted by Gasteiger charge is 2.27. The van der Waals surface area contributed by atoms with E-state index >= 15 is 0 Å². The van der Waals surface area contributed by atoms with Gasteiger partial charge in [-0.3, -0.25) is 4.79 Å². The van der Waals surface area contributed by atoms with Crippen molar-refractivity contribution in [3.63, 3.8) is 0 Å². The van der Waals surface area contributed by atoms with Crippen molar-refractivity contribution in [1.82, 2.24) is 0 Å². The van der Waals surface area contributed by atoms with Gasteiger partial charge in [-0.25, -0.2) is 0 Å². The molecule has 0 bridgehead atoms. The second-order valence-corrected chi connectivity index (χ2v) is 7.19. The van der Waals surface area contributed by atoms with Crippen molar-refractivity contribution in [3.05, 3.63) is 23.3 Å². The number of phenols is 1. The highest BCUT2D eigenvalue weighted by atomic mass is 16.5. The van der Waals surface area contributed by atoms with Crippen molar-refractivity contribution in [2.75, 3.05) is 0 Å². The molecule has 1 aromatic rings. The van der Waals surface area contributed by atoms with Gasteiger partial charge in [0.15, 0.2) is 0 Å². The number of carbonyl (C=O) groups is 1. The fraction of sp³-hybridized carbons (Fsp3) is 0.588. The Hall–Kier alpha value is -1.51. The Morgan fingerprint density at radius 1 is 1.05 bits per heavy atom. The van der Waals surface area contributed by atoms with Gasteiger partial charge in [-0.1, -0.05) is 48.5 Å². The van der Waals surface area contributed by atoms with Gasteiger partial charge in [0.1, 0.15) is 11.5 Å². The van der Waals surface area contributed by atoms with E-state index < -0.39 is 0 Å². The smallest absolute Gasteiger partial charge is 0.310 e. The molecule has 0 unspecified atom stereocenters. The highest BCUT2D eigenvalue weighted by Crippen LogP contribution is 2.41. The largest absolute Gasteiger partial charge is 0.507 e. The van der Waals surface area contributed by atoms with Crippen molar-refractivity contribution in [2.45, 2.75) is 65.7 Å². The third kappa shape index (κ3) is 3.75. The predicted molar refractivity (Wildman–Crippen MR) is 81.4 cm³/mol. The number of esters is 1. The van der Waals surface area contributed by atoms with Gasteiger partial charge in [0.2, 0.25) is 0 Å². The molecular weight excluding hydrogens is 252 g/mol. The number of phenolic OH excluding ortho intramolecular Hbond substituents is 1. The van der Waals surface area contributed by atoms with Crippen molar-refractivity contribution in [1.29, 1.82) is 0 Å². The lowest BCUT2D eigenvalue weighted by Crippen LogP contribution is -2.18. The summed E-state index contributed by atoms with van der Waals surface area (Å²) in [4.78, 5) is 11.5. The summed E-state index contributed by atoms with van der Waals surface area (Å²) in [6.45, 7) is 13.9. The summed E-state index contributed by atoms with van der Waals surface area (Å²) in [5.74, 6) is 0.529. The first-order chi connectivity index (χ1) is 8.96. The minimum Gasteiger partial charge on any atom is -0.507 e. The molecule has 0 radical (unpaired) electrons. The molecule has 1 N–H and O–H groups in total. The molecule has 0 saturated heterocycles. The van der Waals surface area contributed by atoms with E-state index in [0.29, 0.717) is 17.9 Å². The Morgan fingerprint density at radius 3 is 1.75 bits per heavy atom. The maximum Gasteiger partial charge on any atom is 0.310 e. The normalized spacial score (nSPS) is 12.3. The number of ether oxygens (including phenoxy) is 1. The minimum absolute atomic E-state index is 0.223. The van der Waals surface area contributed by atoms with Crippen LogP contribution in [0.15, 0.2) is 12.1 Å². The van der Waals surface area contributed by atoms with Crippen LogP contribution in [0.5, 0.6) is 11.5 Å². The maximum atomic E-state index is 11.5. The van der Waals surface area contributed by atoms with Crippen LogP contribution in [0.1, 0.15) is 66.0 Å². The first-order valence-corrected chi connectivity index (χ1v) is 7.05. The van der Waals surface area contributed by atoms with Gasteiger partial charge in [-0.05, 0) is 23.0 Å². The van der Waals surface area contributed by atoms with Crippen LogP contribution in [0, 0.1) is 0 Å². The van der Waals surface area contributed by atoms with Crippen molar-refractivity contribution in [3.8, 4) is 11.5 Å². The molecule has 0 saturated carbocycles. The number of hydrogen-bond acceptors (Lipinski definition) is 3. The van der Waals surface area contributed by atoms with Crippen LogP contribution < -0.4 is 4.74 Å². The number of hydrogen-bond donors (Lipinski definition) is 1. The second-order valence-electron chi connectivity index (χ2n) is 7.19. The molecule has 0 aromatic heterocycles. The zero-order valence-electron chi connectivity index (χ0n) is 13.6. The first kappa shape index (κ1) is 16.5. The predicted octanol–water partition coefficient (Wildman–Crippen LogP) is 4.30. The first-order valence-electron chi connectivity index (χ1n) is 7.05. The Morgan fingerprint density at radius 2 is 1.45 bits per heavy atom. The summed E-state index contributed by atoms with van der Waals surface area (Å²) >= 11 is 0. The Bertz CT molecular complexity index is 467. The summed E-state index contributed by atoms with van der Waals surface area (Å²) in [7, 11) is 0. The summed E-state index contributed by atoms with van der Waals surface area (Å²) < 4.78 is 5.34. The number of benzene rings is 1. The zero-order valence-corrected chi connectivity index (χ0v) is 13.6. The molecule has 3 nitrogen and oxygen atoms in total. The van der Waals surface area contributed by atoms with Crippen LogP contribution in [-0.4, -0.2) is 11.1 Å². The van der Waals surface area contributed by atoms with Crippen molar-refractivity contribution < 1.29 is 14.6 Å². The van der Waals surface area contributed by atoms with Gasteiger partial charge >= 0.3 is 5.97 Å². The quantitative estimate of drug-likeness (QED) is 0.648. The van der Waals surface area contributed by atoms with E-state index in [4.69, 9.17) is 4.74 Å². The van der Waals surface area contributed by atoms with E-state index in [1.165, 1.54) is 0 Å². The molecule has 0 fully saturated rings. The molecule has 0 aliphatic carbocycles. The van der Waals surface area contributed by atoms with Gasteiger partial charge in [0.05, 0.1) is 0 Å². The second kappa shape index (κ2) is 5.47. The van der Waals surface area contributed by atoms with Crippen LogP contribution in [0.3, 0.4) is 0 Å². The molecule has 0 heterocycles. The van der Waals surface area contributed by atoms with Crippen molar-refractivity contribution >= 4 is 5.97 Å². The molecule has 0 spiro atoms. The van der Waals surface area contributed by atoms with Crippen LogP contribution in [-0.2, 0) is 15.6 Å². The topological polar surface area (TPSA) is 46.5 Å². The fourth-order valence-corrected chi connectivity index (χ4v) is 2.01. The lowest BCUT2D eigenvalue weighted by atomic mass is 9.79. The fourth-order valence-electron chi connectivity index (χ4n) is 2.01. The average Bonchev–Trinajstić information content (AvgIpc) is 2.28. The standard InChI is InChI=1S/C17H26O3/c1-8-14(18)20-11-9-12(16(2,3)4)15(19)13(10-11)17(5,6)7/h9-10,19H,8H2,1-7H3. The summed E-state index contributed by atoms with van der Waals surface area (Å²) in [5.41, 5.74) is 1.14. The van der Waals surface area contributed by atoms with Gasteiger partial charge in [-0.15, -0.1) is 0 Å². The monoisotopic (exact) mass is 278 g/mol. The van der Waals surface area contributed by atoms with Crippen LogP contribution in [0.25, 0.3) is 0 Å². The molecule has 0 aliphatic heterocycles. The van der Waals surface area contributed by atoms with Crippen molar-refractivity contribution in [2.24, 2.45) is 0 Å². The van der Waals surface area contributed by atoms with E-state index in [1.54, 1.807) is 19.1 Å². The minimum atomic E-state index is -0.268. The van der Waals surface area contributed by atoms with E-state index in [0.717, 1.165) is 11.1 Å². The van der Waals surface area contributed by atoms with Gasteiger partial charge in [0, 0.05) is 17.5 Å². The van der Waals surface area contributed by atoms with E-state index in [-0.39, 0.29) is 16.8 Å². The summed E-state index contributed by atoms with van der Waals surface area (Å²) in [6.07, 6.45) is 0.330. The van der Waals surface area contributed by atoms with Gasteiger partial charge < -0.3 is 9.84 Å². The van der Waals surface area contributed by atoms with Crippen LogP contribution in [0.4, 0.5) is 0 Å². The van der Waals surface area contributed by atoms with Crippen LogP contribution in [0.2, 0.25) is 0 Å². The molecule has 1 aromatic carbocycles. The number of aromatic hydroxyl groups is 1.